The van der Waals surface area contributed by atoms with Gasteiger partial charge in [-0.05, 0) is 18.2 Å². The minimum atomic E-state index is -0.492. The molecule has 0 unspecified atom stereocenters. The Bertz CT molecular complexity index is 1180. The number of esters is 1. The second-order valence-corrected chi connectivity index (χ2v) is 6.83. The van der Waals surface area contributed by atoms with Gasteiger partial charge in [-0.2, -0.15) is 0 Å². The normalized spacial score (nSPS) is 15.6. The molecule has 0 saturated carbocycles. The highest BCUT2D eigenvalue weighted by Gasteiger charge is 2.35. The highest BCUT2D eigenvalue weighted by molar-refractivity contribution is 6.30. The third kappa shape index (κ3) is 2.98. The second-order valence-electron chi connectivity index (χ2n) is 6.42. The predicted octanol–water partition coefficient (Wildman–Crippen LogP) is 3.91. The zero-order chi connectivity index (χ0) is 20.7. The molecule has 0 bridgehead atoms. The summed E-state index contributed by atoms with van der Waals surface area (Å²) < 4.78 is 27.5. The van der Waals surface area contributed by atoms with Crippen LogP contribution in [0, 0.1) is 0 Å². The Morgan fingerprint density at radius 2 is 1.76 bits per heavy atom. The van der Waals surface area contributed by atoms with E-state index in [0.29, 0.717) is 45.1 Å². The number of hydrogen-bond acceptors (Lipinski definition) is 7. The van der Waals surface area contributed by atoms with Crippen LogP contribution >= 0.6 is 11.6 Å². The molecule has 29 heavy (non-hydrogen) atoms. The molecular weight excluding hydrogens is 400 g/mol. The molecule has 1 atom stereocenters. The number of fused-ring (bicyclic) bond motifs is 3. The minimum absolute atomic E-state index is 0.0227. The summed E-state index contributed by atoms with van der Waals surface area (Å²) >= 11 is 5.93. The summed E-state index contributed by atoms with van der Waals surface area (Å²) in [5, 5.41) is 0.282. The lowest BCUT2D eigenvalue weighted by molar-refractivity contribution is -0.135. The number of halogens is 1. The van der Waals surface area contributed by atoms with E-state index in [1.807, 2.05) is 0 Å². The largest absolute Gasteiger partial charge is 0.493 e. The van der Waals surface area contributed by atoms with Crippen LogP contribution in [0.15, 0.2) is 39.7 Å². The molecule has 0 radical (unpaired) electrons. The van der Waals surface area contributed by atoms with Crippen LogP contribution < -0.4 is 24.4 Å². The number of carbonyl (C=O) groups excluding carboxylic acids is 1. The van der Waals surface area contributed by atoms with Crippen LogP contribution in [0.3, 0.4) is 0 Å². The van der Waals surface area contributed by atoms with Crippen LogP contribution in [0.4, 0.5) is 0 Å². The van der Waals surface area contributed by atoms with Crippen molar-refractivity contribution in [2.24, 2.45) is 0 Å². The third-order valence-corrected chi connectivity index (χ3v) is 5.21. The van der Waals surface area contributed by atoms with Crippen LogP contribution in [0.1, 0.15) is 23.5 Å². The van der Waals surface area contributed by atoms with Gasteiger partial charge in [-0.25, -0.2) is 0 Å². The molecule has 0 aliphatic carbocycles. The predicted molar refractivity (Wildman–Crippen MR) is 106 cm³/mol. The highest BCUT2D eigenvalue weighted by atomic mass is 35.5. The van der Waals surface area contributed by atoms with Gasteiger partial charge in [-0.1, -0.05) is 17.7 Å². The lowest BCUT2D eigenvalue weighted by Gasteiger charge is -2.27. The summed E-state index contributed by atoms with van der Waals surface area (Å²) in [5.74, 6) is 0.733. The fourth-order valence-electron chi connectivity index (χ4n) is 3.70. The lowest BCUT2D eigenvalue weighted by Crippen LogP contribution is -2.22. The van der Waals surface area contributed by atoms with E-state index in [0.717, 1.165) is 0 Å². The monoisotopic (exact) mass is 416 g/mol. The molecule has 7 nitrogen and oxygen atoms in total. The second kappa shape index (κ2) is 7.33. The van der Waals surface area contributed by atoms with E-state index in [-0.39, 0.29) is 16.9 Å². The summed E-state index contributed by atoms with van der Waals surface area (Å²) in [5.41, 5.74) is 1.20. The van der Waals surface area contributed by atoms with Crippen molar-refractivity contribution < 1.29 is 28.2 Å². The topological polar surface area (TPSA) is 84.2 Å². The van der Waals surface area contributed by atoms with Crippen molar-refractivity contribution in [2.75, 3.05) is 21.3 Å². The molecule has 1 aromatic heterocycles. The van der Waals surface area contributed by atoms with Gasteiger partial charge in [0.1, 0.15) is 22.6 Å². The Morgan fingerprint density at radius 1 is 1.00 bits per heavy atom. The molecule has 0 fully saturated rings. The summed E-state index contributed by atoms with van der Waals surface area (Å²) in [6.45, 7) is 0. The summed E-state index contributed by atoms with van der Waals surface area (Å²) in [6, 6.07) is 6.63. The van der Waals surface area contributed by atoms with Gasteiger partial charge in [-0.15, -0.1) is 0 Å². The summed E-state index contributed by atoms with van der Waals surface area (Å²) in [4.78, 5) is 24.8. The quantitative estimate of drug-likeness (QED) is 0.471. The number of carbonyl (C=O) groups is 1. The van der Waals surface area contributed by atoms with E-state index >= 15 is 0 Å². The smallest absolute Gasteiger partial charge is 0.312 e. The van der Waals surface area contributed by atoms with Crippen molar-refractivity contribution in [3.63, 3.8) is 0 Å². The number of methoxy groups -OCH3 is 3. The molecule has 8 heteroatoms. The average molecular weight is 417 g/mol. The zero-order valence-corrected chi connectivity index (χ0v) is 16.7. The van der Waals surface area contributed by atoms with Crippen molar-refractivity contribution in [1.82, 2.24) is 0 Å². The first kappa shape index (κ1) is 19.1. The Hall–Kier alpha value is -3.19. The average Bonchev–Trinajstić information content (AvgIpc) is 2.73. The molecule has 1 aliphatic rings. The third-order valence-electron chi connectivity index (χ3n) is 4.95. The van der Waals surface area contributed by atoms with E-state index in [9.17, 15) is 9.59 Å². The van der Waals surface area contributed by atoms with E-state index in [1.165, 1.54) is 33.7 Å². The van der Waals surface area contributed by atoms with Crippen molar-refractivity contribution in [3.8, 4) is 23.0 Å². The van der Waals surface area contributed by atoms with Gasteiger partial charge < -0.3 is 23.4 Å². The van der Waals surface area contributed by atoms with Gasteiger partial charge in [0.05, 0.1) is 33.1 Å². The molecule has 150 valence electrons. The molecule has 2 heterocycles. The fourth-order valence-corrected chi connectivity index (χ4v) is 3.84. The van der Waals surface area contributed by atoms with E-state index in [1.54, 1.807) is 18.2 Å². The SMILES string of the molecule is COc1ccc([C@H]2CC(=O)Oc3ccc4c(=O)c(Cl)coc4c32)c(OC)c1OC. The molecule has 4 rings (SSSR count). The molecule has 2 aromatic carbocycles. The highest BCUT2D eigenvalue weighted by Crippen LogP contribution is 2.49. The Morgan fingerprint density at radius 3 is 2.45 bits per heavy atom. The van der Waals surface area contributed by atoms with Gasteiger partial charge in [0.15, 0.2) is 11.5 Å². The van der Waals surface area contributed by atoms with Crippen molar-refractivity contribution in [1.29, 1.82) is 0 Å². The molecule has 0 saturated heterocycles. The van der Waals surface area contributed by atoms with Crippen LogP contribution in [-0.2, 0) is 4.79 Å². The molecule has 0 spiro atoms. The van der Waals surface area contributed by atoms with Crippen molar-refractivity contribution in [3.05, 3.63) is 56.9 Å². The van der Waals surface area contributed by atoms with Crippen LogP contribution in [0.2, 0.25) is 5.02 Å². The standard InChI is InChI=1S/C21H17ClO7/c1-25-15-7-4-10(20(26-2)21(15)27-3)12-8-16(23)29-14-6-5-11-18(24)13(22)9-28-19(11)17(12)14/h4-7,9,12H,8H2,1-3H3/t12-/m1/s1. The van der Waals surface area contributed by atoms with Crippen molar-refractivity contribution >= 4 is 28.5 Å². The number of hydrogen-bond donors (Lipinski definition) is 0. The first-order chi connectivity index (χ1) is 14.0. The van der Waals surface area contributed by atoms with E-state index in [2.05, 4.69) is 0 Å². The van der Waals surface area contributed by atoms with Crippen LogP contribution in [0.25, 0.3) is 11.0 Å². The maximum atomic E-state index is 12.5. The Kier molecular flexibility index (Phi) is 4.84. The maximum absolute atomic E-state index is 12.5. The van der Waals surface area contributed by atoms with Gasteiger partial charge in [0.2, 0.25) is 11.2 Å². The first-order valence-corrected chi connectivity index (χ1v) is 9.11. The Labute approximate surface area is 170 Å². The summed E-state index contributed by atoms with van der Waals surface area (Å²) in [6.07, 6.45) is 1.22. The minimum Gasteiger partial charge on any atom is -0.493 e. The molecule has 3 aromatic rings. The van der Waals surface area contributed by atoms with E-state index < -0.39 is 11.9 Å². The molecule has 0 N–H and O–H groups in total. The van der Waals surface area contributed by atoms with Crippen molar-refractivity contribution in [2.45, 2.75) is 12.3 Å². The van der Waals surface area contributed by atoms with Gasteiger partial charge in [-0.3, -0.25) is 9.59 Å². The number of rotatable bonds is 4. The van der Waals surface area contributed by atoms with Crippen LogP contribution in [0.5, 0.6) is 23.0 Å². The number of benzene rings is 2. The molecule has 0 amide bonds. The summed E-state index contributed by atoms with van der Waals surface area (Å²) in [7, 11) is 4.53. The van der Waals surface area contributed by atoms with E-state index in [4.69, 9.17) is 35.0 Å². The van der Waals surface area contributed by atoms with Crippen LogP contribution in [-0.4, -0.2) is 27.3 Å². The molecular formula is C21H17ClO7. The van der Waals surface area contributed by atoms with Gasteiger partial charge >= 0.3 is 5.97 Å². The van der Waals surface area contributed by atoms with Gasteiger partial charge in [0.25, 0.3) is 0 Å². The lowest BCUT2D eigenvalue weighted by atomic mass is 9.84. The molecule has 1 aliphatic heterocycles. The zero-order valence-electron chi connectivity index (χ0n) is 15.9. The maximum Gasteiger partial charge on any atom is 0.312 e. The number of ether oxygens (including phenoxy) is 4. The Balaban J connectivity index is 2.03. The first-order valence-electron chi connectivity index (χ1n) is 8.73. The van der Waals surface area contributed by atoms with Gasteiger partial charge in [0, 0.05) is 17.0 Å². The fraction of sp³-hybridized carbons (Fsp3) is 0.238.